The first kappa shape index (κ1) is 14.2. The molecule has 0 radical (unpaired) electrons. The Hall–Kier alpha value is -1.21. The number of alkyl halides is 2. The third kappa shape index (κ3) is 4.14. The fourth-order valence-electron chi connectivity index (χ4n) is 2.09. The van der Waals surface area contributed by atoms with Crippen molar-refractivity contribution in [3.05, 3.63) is 29.8 Å². The molecule has 106 valence electrons. The lowest BCUT2D eigenvalue weighted by Gasteiger charge is -2.16. The zero-order valence-corrected chi connectivity index (χ0v) is 11.0. The summed E-state index contributed by atoms with van der Waals surface area (Å²) < 4.78 is 52.1. The highest BCUT2D eigenvalue weighted by atomic mass is 32.2. The number of hydrogen-bond acceptors (Lipinski definition) is 4. The molecule has 0 aromatic heterocycles. The Morgan fingerprint density at radius 2 is 2.16 bits per heavy atom. The van der Waals surface area contributed by atoms with Crippen molar-refractivity contribution < 1.29 is 21.9 Å². The van der Waals surface area contributed by atoms with E-state index in [1.54, 1.807) is 12.1 Å². The summed E-state index contributed by atoms with van der Waals surface area (Å²) in [5, 5.41) is 3.11. The van der Waals surface area contributed by atoms with Gasteiger partial charge in [-0.05, 0) is 30.7 Å². The maximum absolute atomic E-state index is 12.1. The normalized spacial score (nSPS) is 23.0. The monoisotopic (exact) mass is 291 g/mol. The van der Waals surface area contributed by atoms with E-state index in [9.17, 15) is 17.2 Å². The van der Waals surface area contributed by atoms with Gasteiger partial charge in [0, 0.05) is 6.04 Å². The number of sulfone groups is 1. The van der Waals surface area contributed by atoms with E-state index in [0.29, 0.717) is 18.5 Å². The summed E-state index contributed by atoms with van der Waals surface area (Å²) in [4.78, 5) is 0. The van der Waals surface area contributed by atoms with Gasteiger partial charge in [-0.3, -0.25) is 0 Å². The molecule has 0 saturated carbocycles. The highest BCUT2D eigenvalue weighted by molar-refractivity contribution is 7.91. The third-order valence-corrected chi connectivity index (χ3v) is 4.68. The van der Waals surface area contributed by atoms with Gasteiger partial charge in [0.2, 0.25) is 0 Å². The zero-order chi connectivity index (χ0) is 13.9. The van der Waals surface area contributed by atoms with Crippen LogP contribution in [0.5, 0.6) is 5.75 Å². The summed E-state index contributed by atoms with van der Waals surface area (Å²) in [5.74, 6) is 0.172. The fourth-order valence-corrected chi connectivity index (χ4v) is 3.66. The molecule has 2 rings (SSSR count). The Bertz CT molecular complexity index is 534. The van der Waals surface area contributed by atoms with Gasteiger partial charge in [-0.1, -0.05) is 12.1 Å². The van der Waals surface area contributed by atoms with E-state index >= 15 is 0 Å². The number of ether oxygens (including phenoxy) is 1. The minimum Gasteiger partial charge on any atom is -0.435 e. The van der Waals surface area contributed by atoms with Crippen molar-refractivity contribution >= 4 is 9.84 Å². The largest absolute Gasteiger partial charge is 0.435 e. The zero-order valence-electron chi connectivity index (χ0n) is 10.2. The van der Waals surface area contributed by atoms with Gasteiger partial charge in [-0.15, -0.1) is 0 Å². The van der Waals surface area contributed by atoms with E-state index in [0.717, 1.165) is 0 Å². The molecule has 1 unspecified atom stereocenters. The van der Waals surface area contributed by atoms with E-state index in [-0.39, 0.29) is 23.3 Å². The van der Waals surface area contributed by atoms with E-state index in [1.165, 1.54) is 12.1 Å². The van der Waals surface area contributed by atoms with E-state index < -0.39 is 16.4 Å². The van der Waals surface area contributed by atoms with Crippen LogP contribution in [0, 0.1) is 0 Å². The Morgan fingerprint density at radius 1 is 1.37 bits per heavy atom. The van der Waals surface area contributed by atoms with Crippen LogP contribution in [0.15, 0.2) is 24.3 Å². The van der Waals surface area contributed by atoms with Crippen LogP contribution in [0.1, 0.15) is 18.0 Å². The van der Waals surface area contributed by atoms with Crippen molar-refractivity contribution in [2.45, 2.75) is 19.1 Å². The minimum atomic E-state index is -3.10. The molecule has 0 bridgehead atoms. The van der Waals surface area contributed by atoms with Crippen molar-refractivity contribution in [3.63, 3.8) is 0 Å². The average Bonchev–Trinajstić information content (AvgIpc) is 2.49. The Morgan fingerprint density at radius 3 is 2.89 bits per heavy atom. The molecule has 1 saturated heterocycles. The van der Waals surface area contributed by atoms with Crippen LogP contribution in [0.4, 0.5) is 8.78 Å². The van der Waals surface area contributed by atoms with Gasteiger partial charge in [0.25, 0.3) is 0 Å². The molecule has 19 heavy (non-hydrogen) atoms. The van der Waals surface area contributed by atoms with Crippen molar-refractivity contribution in [1.29, 1.82) is 0 Å². The van der Waals surface area contributed by atoms with Crippen LogP contribution in [0.25, 0.3) is 0 Å². The highest BCUT2D eigenvalue weighted by Gasteiger charge is 2.23. The Labute approximate surface area is 110 Å². The predicted molar refractivity (Wildman–Crippen MR) is 67.1 cm³/mol. The van der Waals surface area contributed by atoms with Crippen molar-refractivity contribution in [3.8, 4) is 5.75 Å². The van der Waals surface area contributed by atoms with Gasteiger partial charge in [0.1, 0.15) is 5.75 Å². The predicted octanol–water partition coefficient (Wildman–Crippen LogP) is 1.74. The molecule has 1 heterocycles. The van der Waals surface area contributed by atoms with Gasteiger partial charge in [-0.25, -0.2) is 8.42 Å². The van der Waals surface area contributed by atoms with Crippen LogP contribution < -0.4 is 10.1 Å². The molecule has 1 aromatic carbocycles. The van der Waals surface area contributed by atoms with Crippen LogP contribution in [0.2, 0.25) is 0 Å². The standard InChI is InChI=1S/C12H15F2NO3S/c13-12(14)18-10-4-1-3-9(7-10)11-8-19(16,17)6-2-5-15-11/h1,3-4,7,11-12,15H,2,5-6,8H2. The summed E-state index contributed by atoms with van der Waals surface area (Å²) >= 11 is 0. The number of halogens is 2. The van der Waals surface area contributed by atoms with Gasteiger partial charge < -0.3 is 10.1 Å². The second-order valence-corrected chi connectivity index (χ2v) is 6.65. The first-order valence-corrected chi connectivity index (χ1v) is 7.77. The van der Waals surface area contributed by atoms with Crippen molar-refractivity contribution in [2.24, 2.45) is 0 Å². The molecule has 0 aliphatic carbocycles. The van der Waals surface area contributed by atoms with Crippen LogP contribution >= 0.6 is 0 Å². The second kappa shape index (κ2) is 5.83. The number of benzene rings is 1. The van der Waals surface area contributed by atoms with E-state index in [1.807, 2.05) is 0 Å². The molecule has 1 aliphatic heterocycles. The van der Waals surface area contributed by atoms with Gasteiger partial charge in [0.05, 0.1) is 11.5 Å². The lowest BCUT2D eigenvalue weighted by atomic mass is 10.1. The summed E-state index contributed by atoms with van der Waals surface area (Å²) in [6.07, 6.45) is 0.562. The topological polar surface area (TPSA) is 55.4 Å². The lowest BCUT2D eigenvalue weighted by Crippen LogP contribution is -2.25. The van der Waals surface area contributed by atoms with Crippen molar-refractivity contribution in [2.75, 3.05) is 18.1 Å². The Balaban J connectivity index is 2.20. The second-order valence-electron chi connectivity index (χ2n) is 4.43. The summed E-state index contributed by atoms with van der Waals surface area (Å²) in [6.45, 7) is -2.30. The van der Waals surface area contributed by atoms with E-state index in [4.69, 9.17) is 0 Å². The maximum atomic E-state index is 12.1. The van der Waals surface area contributed by atoms with Gasteiger partial charge >= 0.3 is 6.61 Å². The third-order valence-electron chi connectivity index (χ3n) is 2.93. The smallest absolute Gasteiger partial charge is 0.387 e. The number of hydrogen-bond donors (Lipinski definition) is 1. The van der Waals surface area contributed by atoms with Gasteiger partial charge in [0.15, 0.2) is 9.84 Å². The molecule has 0 spiro atoms. The fraction of sp³-hybridized carbons (Fsp3) is 0.500. The lowest BCUT2D eigenvalue weighted by molar-refractivity contribution is -0.0499. The molecule has 1 aliphatic rings. The molecule has 1 fully saturated rings. The first-order valence-electron chi connectivity index (χ1n) is 5.95. The molecule has 1 atom stereocenters. The van der Waals surface area contributed by atoms with E-state index in [2.05, 4.69) is 10.1 Å². The Kier molecular flexibility index (Phi) is 4.36. The summed E-state index contributed by atoms with van der Waals surface area (Å²) in [7, 11) is -3.10. The van der Waals surface area contributed by atoms with Crippen LogP contribution in [0.3, 0.4) is 0 Å². The summed E-state index contributed by atoms with van der Waals surface area (Å²) in [6, 6.07) is 5.77. The highest BCUT2D eigenvalue weighted by Crippen LogP contribution is 2.23. The molecule has 7 heteroatoms. The molecule has 0 amide bonds. The van der Waals surface area contributed by atoms with Crippen molar-refractivity contribution in [1.82, 2.24) is 5.32 Å². The number of nitrogens with one attached hydrogen (secondary N) is 1. The number of rotatable bonds is 3. The van der Waals surface area contributed by atoms with Crippen LogP contribution in [-0.2, 0) is 9.84 Å². The summed E-state index contributed by atoms with van der Waals surface area (Å²) in [5.41, 5.74) is 0.642. The minimum absolute atomic E-state index is 0.0227. The average molecular weight is 291 g/mol. The maximum Gasteiger partial charge on any atom is 0.387 e. The SMILES string of the molecule is O=S1(=O)CCCNC(c2cccc(OC(F)F)c2)C1. The van der Waals surface area contributed by atoms with Crippen LogP contribution in [-0.4, -0.2) is 33.1 Å². The quantitative estimate of drug-likeness (QED) is 0.921. The molecular weight excluding hydrogens is 276 g/mol. The van der Waals surface area contributed by atoms with Gasteiger partial charge in [-0.2, -0.15) is 8.78 Å². The molecular formula is C12H15F2NO3S. The molecule has 4 nitrogen and oxygen atoms in total. The molecule has 1 N–H and O–H groups in total. The first-order chi connectivity index (χ1) is 8.96. The molecule has 1 aromatic rings.